The van der Waals surface area contributed by atoms with E-state index >= 15 is 0 Å². The van der Waals surface area contributed by atoms with Crippen molar-refractivity contribution in [2.75, 3.05) is 13.7 Å². The van der Waals surface area contributed by atoms with Gasteiger partial charge in [-0.3, -0.25) is 9.59 Å². The first-order valence-electron chi connectivity index (χ1n) is 7.12. The second-order valence-electron chi connectivity index (χ2n) is 6.12. The number of carbonyl (C=O) groups is 2. The molecule has 0 aromatic heterocycles. The summed E-state index contributed by atoms with van der Waals surface area (Å²) in [5, 5.41) is 11.8. The van der Waals surface area contributed by atoms with Gasteiger partial charge in [0.15, 0.2) is 11.6 Å². The quantitative estimate of drug-likeness (QED) is 0.841. The molecule has 1 aliphatic rings. The summed E-state index contributed by atoms with van der Waals surface area (Å²) in [6.07, 6.45) is 0.470. The molecule has 0 saturated heterocycles. The molecule has 5 nitrogen and oxygen atoms in total. The standard InChI is InChI=1S/C16H20FNO4/c1-16(2)12(13(16)15(20)21)14(19)18-7-6-9-4-5-11(22-3)10(17)8-9/h4-5,8,12-13H,6-7H2,1-3H3,(H,18,19)(H,20,21)/t12-,13+/m0/s1. The predicted molar refractivity (Wildman–Crippen MR) is 78.1 cm³/mol. The molecule has 1 aromatic carbocycles. The van der Waals surface area contributed by atoms with Gasteiger partial charge in [0.1, 0.15) is 0 Å². The Morgan fingerprint density at radius 3 is 2.55 bits per heavy atom. The van der Waals surface area contributed by atoms with E-state index in [0.29, 0.717) is 13.0 Å². The molecule has 1 aromatic rings. The van der Waals surface area contributed by atoms with E-state index in [1.807, 2.05) is 0 Å². The van der Waals surface area contributed by atoms with Crippen molar-refractivity contribution in [1.29, 1.82) is 0 Å². The summed E-state index contributed by atoms with van der Waals surface area (Å²) in [5.74, 6) is -2.60. The van der Waals surface area contributed by atoms with Crippen LogP contribution in [0.25, 0.3) is 0 Å². The van der Waals surface area contributed by atoms with E-state index in [0.717, 1.165) is 5.56 Å². The molecular formula is C16H20FNO4. The van der Waals surface area contributed by atoms with E-state index in [1.54, 1.807) is 19.9 Å². The van der Waals surface area contributed by atoms with Crippen LogP contribution in [-0.2, 0) is 16.0 Å². The number of benzene rings is 1. The lowest BCUT2D eigenvalue weighted by molar-refractivity contribution is -0.140. The second-order valence-corrected chi connectivity index (χ2v) is 6.12. The molecule has 0 radical (unpaired) electrons. The lowest BCUT2D eigenvalue weighted by atomic mass is 10.1. The Balaban J connectivity index is 1.86. The van der Waals surface area contributed by atoms with Crippen molar-refractivity contribution < 1.29 is 23.8 Å². The predicted octanol–water partition coefficient (Wildman–Crippen LogP) is 1.85. The lowest BCUT2D eigenvalue weighted by Crippen LogP contribution is -2.29. The van der Waals surface area contributed by atoms with Gasteiger partial charge in [-0.05, 0) is 29.5 Å². The molecular weight excluding hydrogens is 289 g/mol. The average molecular weight is 309 g/mol. The fourth-order valence-electron chi connectivity index (χ4n) is 2.89. The molecule has 0 unspecified atom stereocenters. The Hall–Kier alpha value is -2.11. The molecule has 2 atom stereocenters. The van der Waals surface area contributed by atoms with Crippen molar-refractivity contribution in [2.45, 2.75) is 20.3 Å². The number of rotatable bonds is 6. The van der Waals surface area contributed by atoms with E-state index < -0.39 is 29.0 Å². The number of carboxylic acids is 1. The van der Waals surface area contributed by atoms with Gasteiger partial charge in [-0.2, -0.15) is 0 Å². The topological polar surface area (TPSA) is 75.6 Å². The highest BCUT2D eigenvalue weighted by Crippen LogP contribution is 2.58. The maximum Gasteiger partial charge on any atom is 0.307 e. The number of carboxylic acid groups (broad SMARTS) is 1. The summed E-state index contributed by atoms with van der Waals surface area (Å²) < 4.78 is 18.4. The van der Waals surface area contributed by atoms with Gasteiger partial charge in [-0.1, -0.05) is 19.9 Å². The van der Waals surface area contributed by atoms with Crippen LogP contribution in [-0.4, -0.2) is 30.6 Å². The molecule has 0 aliphatic heterocycles. The van der Waals surface area contributed by atoms with Crippen molar-refractivity contribution in [1.82, 2.24) is 5.32 Å². The fourth-order valence-corrected chi connectivity index (χ4v) is 2.89. The summed E-state index contributed by atoms with van der Waals surface area (Å²) >= 11 is 0. The molecule has 1 amide bonds. The first kappa shape index (κ1) is 16.3. The van der Waals surface area contributed by atoms with Crippen LogP contribution in [0.1, 0.15) is 19.4 Å². The number of amides is 1. The number of halogens is 1. The number of methoxy groups -OCH3 is 1. The molecule has 0 heterocycles. The van der Waals surface area contributed by atoms with Gasteiger partial charge in [0.25, 0.3) is 0 Å². The monoisotopic (exact) mass is 309 g/mol. The maximum absolute atomic E-state index is 13.5. The van der Waals surface area contributed by atoms with Crippen molar-refractivity contribution in [3.05, 3.63) is 29.6 Å². The van der Waals surface area contributed by atoms with Gasteiger partial charge in [0.2, 0.25) is 5.91 Å². The molecule has 0 bridgehead atoms. The van der Waals surface area contributed by atoms with E-state index in [1.165, 1.54) is 19.2 Å². The third kappa shape index (κ3) is 3.05. The summed E-state index contributed by atoms with van der Waals surface area (Å²) in [5.41, 5.74) is 0.228. The van der Waals surface area contributed by atoms with Gasteiger partial charge in [0.05, 0.1) is 18.9 Å². The van der Waals surface area contributed by atoms with Gasteiger partial charge >= 0.3 is 5.97 Å². The van der Waals surface area contributed by atoms with Crippen LogP contribution in [0.15, 0.2) is 18.2 Å². The normalized spacial score (nSPS) is 22.0. The minimum Gasteiger partial charge on any atom is -0.494 e. The Morgan fingerprint density at radius 2 is 2.05 bits per heavy atom. The average Bonchev–Trinajstić information content (AvgIpc) is 3.02. The van der Waals surface area contributed by atoms with Crippen LogP contribution in [0.3, 0.4) is 0 Å². The van der Waals surface area contributed by atoms with Crippen LogP contribution in [0.5, 0.6) is 5.75 Å². The third-order valence-corrected chi connectivity index (χ3v) is 4.30. The van der Waals surface area contributed by atoms with E-state index in [9.17, 15) is 14.0 Å². The number of carbonyl (C=O) groups excluding carboxylic acids is 1. The molecule has 1 aliphatic carbocycles. The Labute approximate surface area is 128 Å². The van der Waals surface area contributed by atoms with Crippen LogP contribution in [0.2, 0.25) is 0 Å². The molecule has 22 heavy (non-hydrogen) atoms. The number of ether oxygens (including phenoxy) is 1. The summed E-state index contributed by atoms with van der Waals surface area (Å²) in [7, 11) is 1.40. The zero-order valence-electron chi connectivity index (χ0n) is 12.9. The molecule has 2 rings (SSSR count). The molecule has 1 fully saturated rings. The number of aliphatic carboxylic acids is 1. The first-order valence-corrected chi connectivity index (χ1v) is 7.12. The Kier molecular flexibility index (Phi) is 4.39. The minimum absolute atomic E-state index is 0.178. The van der Waals surface area contributed by atoms with Gasteiger partial charge in [0, 0.05) is 6.54 Å². The highest BCUT2D eigenvalue weighted by atomic mass is 19.1. The molecule has 6 heteroatoms. The third-order valence-electron chi connectivity index (χ3n) is 4.30. The maximum atomic E-state index is 13.5. The van der Waals surface area contributed by atoms with Crippen molar-refractivity contribution in [3.63, 3.8) is 0 Å². The summed E-state index contributed by atoms with van der Waals surface area (Å²) in [4.78, 5) is 23.1. The first-order chi connectivity index (χ1) is 10.3. The second kappa shape index (κ2) is 5.94. The van der Waals surface area contributed by atoms with Crippen molar-refractivity contribution in [3.8, 4) is 5.75 Å². The molecule has 2 N–H and O–H groups in total. The van der Waals surface area contributed by atoms with E-state index in [4.69, 9.17) is 9.84 Å². The highest BCUT2D eigenvalue weighted by Gasteiger charge is 2.65. The molecule has 120 valence electrons. The Morgan fingerprint density at radius 1 is 1.36 bits per heavy atom. The smallest absolute Gasteiger partial charge is 0.307 e. The van der Waals surface area contributed by atoms with Crippen LogP contribution in [0.4, 0.5) is 4.39 Å². The van der Waals surface area contributed by atoms with Crippen LogP contribution < -0.4 is 10.1 Å². The fraction of sp³-hybridized carbons (Fsp3) is 0.500. The largest absolute Gasteiger partial charge is 0.494 e. The number of hydrogen-bond donors (Lipinski definition) is 2. The van der Waals surface area contributed by atoms with Gasteiger partial charge < -0.3 is 15.2 Å². The van der Waals surface area contributed by atoms with Crippen LogP contribution in [0, 0.1) is 23.1 Å². The van der Waals surface area contributed by atoms with Gasteiger partial charge in [-0.15, -0.1) is 0 Å². The Bertz CT molecular complexity index is 600. The summed E-state index contributed by atoms with van der Waals surface area (Å²) in [6.45, 7) is 3.88. The zero-order valence-corrected chi connectivity index (χ0v) is 12.9. The lowest BCUT2D eigenvalue weighted by Gasteiger charge is -2.07. The SMILES string of the molecule is COc1ccc(CCNC(=O)[C@@H]2[C@H](C(=O)O)C2(C)C)cc1F. The van der Waals surface area contributed by atoms with Crippen molar-refractivity contribution in [2.24, 2.45) is 17.3 Å². The van der Waals surface area contributed by atoms with Gasteiger partial charge in [-0.25, -0.2) is 4.39 Å². The van der Waals surface area contributed by atoms with Crippen molar-refractivity contribution >= 4 is 11.9 Å². The molecule has 0 spiro atoms. The minimum atomic E-state index is -0.942. The number of hydrogen-bond acceptors (Lipinski definition) is 3. The van der Waals surface area contributed by atoms with E-state index in [-0.39, 0.29) is 11.7 Å². The van der Waals surface area contributed by atoms with E-state index in [2.05, 4.69) is 5.32 Å². The zero-order chi connectivity index (χ0) is 16.5. The number of nitrogens with one attached hydrogen (secondary N) is 1. The van der Waals surface area contributed by atoms with Crippen LogP contribution >= 0.6 is 0 Å². The summed E-state index contributed by atoms with van der Waals surface area (Å²) in [6, 6.07) is 4.64. The highest BCUT2D eigenvalue weighted by molar-refractivity contribution is 5.91. The molecule has 1 saturated carbocycles.